The van der Waals surface area contributed by atoms with Crippen LogP contribution in [0.3, 0.4) is 0 Å². The van der Waals surface area contributed by atoms with E-state index in [9.17, 15) is 4.79 Å². The molecule has 130 valence electrons. The summed E-state index contributed by atoms with van der Waals surface area (Å²) in [6, 6.07) is 16.5. The van der Waals surface area contributed by atoms with Crippen molar-refractivity contribution in [2.75, 3.05) is 5.32 Å². The zero-order chi connectivity index (χ0) is 18.1. The molecule has 0 spiro atoms. The third-order valence-corrected chi connectivity index (χ3v) is 5.22. The number of carbonyl (C=O) groups is 1. The van der Waals surface area contributed by atoms with E-state index in [4.69, 9.17) is 16.0 Å². The lowest BCUT2D eigenvalue weighted by Gasteiger charge is -2.04. The number of hydrogen-bond acceptors (Lipinski definition) is 4. The van der Waals surface area contributed by atoms with Gasteiger partial charge in [-0.1, -0.05) is 23.7 Å². The van der Waals surface area contributed by atoms with Gasteiger partial charge in [-0.25, -0.2) is 0 Å². The van der Waals surface area contributed by atoms with Gasteiger partial charge in [0.25, 0.3) is 5.91 Å². The number of aromatic nitrogens is 2. The number of halogens is 1. The van der Waals surface area contributed by atoms with E-state index >= 15 is 0 Å². The summed E-state index contributed by atoms with van der Waals surface area (Å²) in [7, 11) is 1.88. The Bertz CT molecular complexity index is 1070. The van der Waals surface area contributed by atoms with Gasteiger partial charge in [0.1, 0.15) is 5.69 Å². The highest BCUT2D eigenvalue weighted by Gasteiger charge is 2.15. The normalized spacial score (nSPS) is 10.8. The maximum atomic E-state index is 12.4. The second-order valence-corrected chi connectivity index (χ2v) is 7.10. The van der Waals surface area contributed by atoms with Gasteiger partial charge in [-0.2, -0.15) is 5.10 Å². The Morgan fingerprint density at radius 2 is 2.04 bits per heavy atom. The maximum Gasteiger partial charge on any atom is 0.257 e. The van der Waals surface area contributed by atoms with Gasteiger partial charge in [-0.15, -0.1) is 11.3 Å². The third-order valence-electron chi connectivity index (χ3n) is 3.87. The van der Waals surface area contributed by atoms with Crippen molar-refractivity contribution in [2.24, 2.45) is 7.05 Å². The van der Waals surface area contributed by atoms with E-state index in [0.29, 0.717) is 10.6 Å². The smallest absolute Gasteiger partial charge is 0.257 e. The summed E-state index contributed by atoms with van der Waals surface area (Å²) in [4.78, 5) is 13.4. The lowest BCUT2D eigenvalue weighted by atomic mass is 10.2. The molecule has 4 aromatic rings. The molecule has 0 aliphatic heterocycles. The van der Waals surface area contributed by atoms with Crippen LogP contribution in [0.2, 0.25) is 5.02 Å². The minimum Gasteiger partial charge on any atom is -0.463 e. The Morgan fingerprint density at radius 1 is 1.19 bits per heavy atom. The molecule has 0 radical (unpaired) electrons. The quantitative estimate of drug-likeness (QED) is 0.519. The first-order valence-electron chi connectivity index (χ1n) is 7.86. The van der Waals surface area contributed by atoms with Crippen LogP contribution < -0.4 is 5.32 Å². The number of anilines is 1. The molecule has 1 N–H and O–H groups in total. The molecule has 0 unspecified atom stereocenters. The Hall–Kier alpha value is -2.83. The van der Waals surface area contributed by atoms with E-state index in [-0.39, 0.29) is 5.91 Å². The second-order valence-electron chi connectivity index (χ2n) is 5.61. The molecule has 0 fully saturated rings. The lowest BCUT2D eigenvalue weighted by Crippen LogP contribution is -2.11. The van der Waals surface area contributed by atoms with Gasteiger partial charge < -0.3 is 9.73 Å². The number of thiophene rings is 1. The fourth-order valence-corrected chi connectivity index (χ4v) is 3.78. The average molecular weight is 384 g/mol. The Balaban J connectivity index is 1.57. The van der Waals surface area contributed by atoms with Gasteiger partial charge in [0.05, 0.1) is 32.4 Å². The van der Waals surface area contributed by atoms with Crippen LogP contribution >= 0.6 is 22.9 Å². The molecule has 3 heterocycles. The van der Waals surface area contributed by atoms with Gasteiger partial charge in [0, 0.05) is 7.05 Å². The summed E-state index contributed by atoms with van der Waals surface area (Å²) in [6.45, 7) is 0. The molecule has 0 aliphatic carbocycles. The average Bonchev–Trinajstić information content (AvgIpc) is 3.35. The van der Waals surface area contributed by atoms with E-state index in [1.54, 1.807) is 35.2 Å². The van der Waals surface area contributed by atoms with Gasteiger partial charge >= 0.3 is 0 Å². The highest BCUT2D eigenvalue weighted by atomic mass is 35.5. The highest BCUT2D eigenvalue weighted by molar-refractivity contribution is 7.19. The predicted molar refractivity (Wildman–Crippen MR) is 104 cm³/mol. The van der Waals surface area contributed by atoms with Crippen LogP contribution in [0, 0.1) is 0 Å². The van der Waals surface area contributed by atoms with Crippen LogP contribution in [-0.2, 0) is 7.05 Å². The summed E-state index contributed by atoms with van der Waals surface area (Å²) in [5, 5.41) is 8.54. The van der Waals surface area contributed by atoms with Crippen molar-refractivity contribution in [3.8, 4) is 22.0 Å². The van der Waals surface area contributed by atoms with Gasteiger partial charge in [0.2, 0.25) is 0 Å². The molecule has 0 saturated heterocycles. The molecule has 0 aliphatic rings. The standard InChI is InChI=1S/C19H14ClN3O2S/c1-23-15(11-14(22-23)16-7-4-10-25-16)17-8-9-18(26-17)21-19(24)12-5-2-3-6-13(12)20/h2-11H,1H3,(H,21,24). The molecule has 0 saturated carbocycles. The summed E-state index contributed by atoms with van der Waals surface area (Å²) >= 11 is 7.55. The van der Waals surface area contributed by atoms with Crippen LogP contribution in [0.1, 0.15) is 10.4 Å². The Kier molecular flexibility index (Phi) is 4.36. The van der Waals surface area contributed by atoms with Crippen molar-refractivity contribution in [2.45, 2.75) is 0 Å². The first-order chi connectivity index (χ1) is 12.6. The predicted octanol–water partition coefficient (Wildman–Crippen LogP) is 5.31. The van der Waals surface area contributed by atoms with Gasteiger partial charge in [-0.3, -0.25) is 9.48 Å². The number of furan rings is 1. The minimum absolute atomic E-state index is 0.231. The molecular formula is C19H14ClN3O2S. The van der Waals surface area contributed by atoms with E-state index < -0.39 is 0 Å². The number of aryl methyl sites for hydroxylation is 1. The van der Waals surface area contributed by atoms with E-state index in [1.807, 2.05) is 37.4 Å². The summed E-state index contributed by atoms with van der Waals surface area (Å²) in [5.74, 6) is 0.487. The van der Waals surface area contributed by atoms with Crippen LogP contribution in [-0.4, -0.2) is 15.7 Å². The molecule has 0 atom stereocenters. The Morgan fingerprint density at radius 3 is 2.81 bits per heavy atom. The molecule has 1 aromatic carbocycles. The number of nitrogens with zero attached hydrogens (tertiary/aromatic N) is 2. The number of amides is 1. The van der Waals surface area contributed by atoms with Crippen molar-refractivity contribution in [3.05, 3.63) is 71.4 Å². The summed E-state index contributed by atoms with van der Waals surface area (Å²) in [6.07, 6.45) is 1.62. The molecular weight excluding hydrogens is 370 g/mol. The third kappa shape index (κ3) is 3.16. The van der Waals surface area contributed by atoms with Crippen molar-refractivity contribution in [1.29, 1.82) is 0 Å². The van der Waals surface area contributed by atoms with Gasteiger partial charge in [-0.05, 0) is 42.5 Å². The van der Waals surface area contributed by atoms with Crippen molar-refractivity contribution >= 4 is 33.8 Å². The second kappa shape index (κ2) is 6.82. The largest absolute Gasteiger partial charge is 0.463 e. The van der Waals surface area contributed by atoms with Crippen LogP contribution in [0.5, 0.6) is 0 Å². The summed E-state index contributed by atoms with van der Waals surface area (Å²) < 4.78 is 7.19. The molecule has 1 amide bonds. The number of benzene rings is 1. The molecule has 3 aromatic heterocycles. The van der Waals surface area contributed by atoms with Gasteiger partial charge in [0.15, 0.2) is 5.76 Å². The van der Waals surface area contributed by atoms with Crippen LogP contribution in [0.25, 0.3) is 22.0 Å². The monoisotopic (exact) mass is 383 g/mol. The fraction of sp³-hybridized carbons (Fsp3) is 0.0526. The molecule has 5 nitrogen and oxygen atoms in total. The van der Waals surface area contributed by atoms with E-state index in [1.165, 1.54) is 11.3 Å². The number of nitrogens with one attached hydrogen (secondary N) is 1. The topological polar surface area (TPSA) is 60.1 Å². The van der Waals surface area contributed by atoms with E-state index in [2.05, 4.69) is 10.4 Å². The molecule has 7 heteroatoms. The maximum absolute atomic E-state index is 12.4. The number of carbonyl (C=O) groups excluding carboxylic acids is 1. The first kappa shape index (κ1) is 16.6. The van der Waals surface area contributed by atoms with Crippen molar-refractivity contribution < 1.29 is 9.21 Å². The lowest BCUT2D eigenvalue weighted by molar-refractivity contribution is 0.102. The first-order valence-corrected chi connectivity index (χ1v) is 9.05. The zero-order valence-electron chi connectivity index (χ0n) is 13.8. The summed E-state index contributed by atoms with van der Waals surface area (Å²) in [5.41, 5.74) is 2.16. The molecule has 26 heavy (non-hydrogen) atoms. The van der Waals surface area contributed by atoms with Crippen LogP contribution in [0.15, 0.2) is 65.3 Å². The van der Waals surface area contributed by atoms with Crippen LogP contribution in [0.4, 0.5) is 5.00 Å². The Labute approximate surface area is 158 Å². The minimum atomic E-state index is -0.231. The molecule has 4 rings (SSSR count). The van der Waals surface area contributed by atoms with Crippen molar-refractivity contribution in [1.82, 2.24) is 9.78 Å². The highest BCUT2D eigenvalue weighted by Crippen LogP contribution is 2.34. The number of rotatable bonds is 4. The molecule has 0 bridgehead atoms. The van der Waals surface area contributed by atoms with Crippen molar-refractivity contribution in [3.63, 3.8) is 0 Å². The fourth-order valence-electron chi connectivity index (χ4n) is 2.61. The zero-order valence-corrected chi connectivity index (χ0v) is 15.3. The number of hydrogen-bond donors (Lipinski definition) is 1. The van der Waals surface area contributed by atoms with E-state index in [0.717, 1.165) is 27.0 Å². The SMILES string of the molecule is Cn1nc(-c2ccco2)cc1-c1ccc(NC(=O)c2ccccc2Cl)s1.